The quantitative estimate of drug-likeness (QED) is 0.154. The van der Waals surface area contributed by atoms with Crippen LogP contribution < -0.4 is 5.32 Å². The van der Waals surface area contributed by atoms with Crippen molar-refractivity contribution in [3.8, 4) is 22.3 Å². The second-order valence-electron chi connectivity index (χ2n) is 23.9. The summed E-state index contributed by atoms with van der Waals surface area (Å²) < 4.78 is 2.69. The Morgan fingerprint density at radius 2 is 1.23 bits per heavy atom. The Balaban J connectivity index is 1.08. The first kappa shape index (κ1) is 48.4. The van der Waals surface area contributed by atoms with Gasteiger partial charge in [0.2, 0.25) is 0 Å². The van der Waals surface area contributed by atoms with Gasteiger partial charge in [-0.1, -0.05) is 224 Å². The molecular formula is C72H71N3. The largest absolute Gasteiger partial charge is 0.363 e. The van der Waals surface area contributed by atoms with Gasteiger partial charge in [0, 0.05) is 39.8 Å². The SMILES string of the molecule is CC(C)(C)C1=CCC(C2CC(C3=NC(C4=CCC(c5ccccc5)C=C4)=CC(C4C=CC=CC4)N3)=CC(C3=CCC(C(C)(C)C)C=C3)=C2n2c3ccc(-c4ccccc4)cc3c3cc(-c4ccccc4)ccc32)C=C1. The number of benzene rings is 5. The second kappa shape index (κ2) is 20.0. The molecule has 6 aliphatic rings. The van der Waals surface area contributed by atoms with Crippen LogP contribution in [0.4, 0.5) is 0 Å². The number of aromatic nitrogens is 1. The maximum Gasteiger partial charge on any atom is 0.130 e. The molecule has 374 valence electrons. The predicted molar refractivity (Wildman–Crippen MR) is 319 cm³/mol. The number of rotatable bonds is 9. The number of hydrogen-bond donors (Lipinski definition) is 1. The lowest BCUT2D eigenvalue weighted by molar-refractivity contribution is 0.293. The molecule has 1 aliphatic heterocycles. The van der Waals surface area contributed by atoms with Crippen LogP contribution in [-0.4, -0.2) is 16.4 Å². The van der Waals surface area contributed by atoms with Gasteiger partial charge >= 0.3 is 0 Å². The topological polar surface area (TPSA) is 29.3 Å². The average molecular weight is 978 g/mol. The lowest BCUT2D eigenvalue weighted by atomic mass is 9.71. The zero-order valence-electron chi connectivity index (χ0n) is 44.7. The molecule has 12 rings (SSSR count). The van der Waals surface area contributed by atoms with Crippen molar-refractivity contribution in [1.82, 2.24) is 9.88 Å². The maximum absolute atomic E-state index is 5.72. The smallest absolute Gasteiger partial charge is 0.130 e. The van der Waals surface area contributed by atoms with Gasteiger partial charge in [-0.2, -0.15) is 0 Å². The molecule has 5 aliphatic carbocycles. The maximum atomic E-state index is 5.72. The van der Waals surface area contributed by atoms with Crippen molar-refractivity contribution in [1.29, 1.82) is 0 Å². The molecule has 0 saturated carbocycles. The minimum atomic E-state index is 0.0641. The Kier molecular flexibility index (Phi) is 12.9. The molecule has 1 aromatic heterocycles. The van der Waals surface area contributed by atoms with E-state index in [2.05, 4.69) is 270 Å². The monoisotopic (exact) mass is 978 g/mol. The van der Waals surface area contributed by atoms with Gasteiger partial charge < -0.3 is 9.88 Å². The summed E-state index contributed by atoms with van der Waals surface area (Å²) in [6.07, 6.45) is 41.0. The molecule has 1 N–H and O–H groups in total. The number of allylic oxidation sites excluding steroid dienone is 17. The Bertz CT molecular complexity index is 3460. The first-order valence-electron chi connectivity index (χ1n) is 27.7. The van der Waals surface area contributed by atoms with Crippen molar-refractivity contribution in [3.05, 3.63) is 258 Å². The molecule has 6 aromatic rings. The Morgan fingerprint density at radius 3 is 1.79 bits per heavy atom. The highest BCUT2D eigenvalue weighted by Gasteiger charge is 2.38. The highest BCUT2D eigenvalue weighted by molar-refractivity contribution is 6.13. The summed E-state index contributed by atoms with van der Waals surface area (Å²) in [6.45, 7) is 14.2. The molecule has 0 fully saturated rings. The van der Waals surface area contributed by atoms with E-state index in [1.54, 1.807) is 0 Å². The third-order valence-corrected chi connectivity index (χ3v) is 16.9. The van der Waals surface area contributed by atoms with Gasteiger partial charge in [0.15, 0.2) is 0 Å². The second-order valence-corrected chi connectivity index (χ2v) is 23.9. The van der Waals surface area contributed by atoms with E-state index < -0.39 is 0 Å². The zero-order chi connectivity index (χ0) is 51.3. The van der Waals surface area contributed by atoms with Gasteiger partial charge in [-0.3, -0.25) is 0 Å². The summed E-state index contributed by atoms with van der Waals surface area (Å²) in [5.74, 6) is 2.50. The Hall–Kier alpha value is -7.49. The summed E-state index contributed by atoms with van der Waals surface area (Å²) in [5, 5.41) is 6.67. The first-order valence-corrected chi connectivity index (χ1v) is 27.7. The molecule has 6 atom stereocenters. The van der Waals surface area contributed by atoms with E-state index in [1.807, 2.05) is 0 Å². The van der Waals surface area contributed by atoms with Crippen molar-refractivity contribution < 1.29 is 0 Å². The predicted octanol–water partition coefficient (Wildman–Crippen LogP) is 18.4. The number of fused-ring (bicyclic) bond motifs is 3. The minimum absolute atomic E-state index is 0.0641. The molecular weight excluding hydrogens is 907 g/mol. The molecule has 0 amide bonds. The average Bonchev–Trinajstić information content (AvgIpc) is 3.79. The summed E-state index contributed by atoms with van der Waals surface area (Å²) in [6, 6.07) is 47.2. The first-order chi connectivity index (χ1) is 36.4. The fraction of sp³-hybridized carbons (Fsp3) is 0.264. The van der Waals surface area contributed by atoms with Gasteiger partial charge in [-0.05, 0) is 141 Å². The summed E-state index contributed by atoms with van der Waals surface area (Å²) in [7, 11) is 0. The van der Waals surface area contributed by atoms with E-state index in [0.717, 1.165) is 43.6 Å². The van der Waals surface area contributed by atoms with Crippen molar-refractivity contribution in [3.63, 3.8) is 0 Å². The normalized spacial score (nSPS) is 23.9. The van der Waals surface area contributed by atoms with Crippen LogP contribution in [0.15, 0.2) is 257 Å². The van der Waals surface area contributed by atoms with Gasteiger partial charge in [0.05, 0.1) is 22.8 Å². The Labute approximate surface area is 446 Å². The van der Waals surface area contributed by atoms with Crippen LogP contribution in [-0.2, 0) is 0 Å². The third kappa shape index (κ3) is 9.75. The lowest BCUT2D eigenvalue weighted by Crippen LogP contribution is -2.43. The van der Waals surface area contributed by atoms with E-state index in [0.29, 0.717) is 17.8 Å². The van der Waals surface area contributed by atoms with Gasteiger partial charge in [-0.15, -0.1) is 0 Å². The molecule has 0 saturated heterocycles. The van der Waals surface area contributed by atoms with Gasteiger partial charge in [-0.25, -0.2) is 4.99 Å². The molecule has 5 aromatic carbocycles. The lowest BCUT2D eigenvalue weighted by Gasteiger charge is -2.38. The van der Waals surface area contributed by atoms with Gasteiger partial charge in [0.25, 0.3) is 0 Å². The van der Waals surface area contributed by atoms with Crippen molar-refractivity contribution >= 4 is 33.3 Å². The van der Waals surface area contributed by atoms with E-state index in [-0.39, 0.29) is 28.7 Å². The molecule has 0 radical (unpaired) electrons. The number of aliphatic imine (C=N–C) groups is 1. The number of hydrogen-bond acceptors (Lipinski definition) is 2. The molecule has 6 unspecified atom stereocenters. The number of nitrogens with one attached hydrogen (secondary N) is 1. The molecule has 0 bridgehead atoms. The number of amidine groups is 1. The minimum Gasteiger partial charge on any atom is -0.363 e. The number of nitrogens with zero attached hydrogens (tertiary/aromatic N) is 2. The van der Waals surface area contributed by atoms with Crippen molar-refractivity contribution in [2.45, 2.75) is 85.6 Å². The Morgan fingerprint density at radius 1 is 0.573 bits per heavy atom. The molecule has 3 heteroatoms. The summed E-state index contributed by atoms with van der Waals surface area (Å²) >= 11 is 0. The zero-order valence-corrected chi connectivity index (χ0v) is 44.7. The molecule has 2 heterocycles. The van der Waals surface area contributed by atoms with Crippen LogP contribution in [0.5, 0.6) is 0 Å². The van der Waals surface area contributed by atoms with Crippen LogP contribution >= 0.6 is 0 Å². The highest BCUT2D eigenvalue weighted by Crippen LogP contribution is 2.50. The summed E-state index contributed by atoms with van der Waals surface area (Å²) in [4.78, 5) is 5.72. The van der Waals surface area contributed by atoms with Crippen LogP contribution in [0.1, 0.15) is 85.1 Å². The van der Waals surface area contributed by atoms with E-state index >= 15 is 0 Å². The fourth-order valence-electron chi connectivity index (χ4n) is 12.5. The van der Waals surface area contributed by atoms with E-state index in [4.69, 9.17) is 4.99 Å². The standard InChI is InChI=1S/C72H71N3/c1-71(2,3)59-37-31-52(32-38-59)61-45-58(70-73-65(54-25-17-10-18-26-54)47-66(74-70)55-29-27-51(28-30-55)48-19-11-7-12-20-48)46-62(53-33-39-60(40-34-53)72(4,5)6)69(61)75-67-41-35-56(49-21-13-8-14-22-49)43-63(67)64-44-57(36-42-68(64)75)50-23-15-9-16-24-50/h7-25,27,29-33,35-37,39-45,47,51,53-54,59,62,65H,26,28,34,38,46H2,1-6H3,(H,73,74). The van der Waals surface area contributed by atoms with E-state index in [1.165, 1.54) is 83.2 Å². The van der Waals surface area contributed by atoms with E-state index in [9.17, 15) is 0 Å². The summed E-state index contributed by atoms with van der Waals surface area (Å²) in [5.41, 5.74) is 17.9. The van der Waals surface area contributed by atoms with Crippen LogP contribution in [0.3, 0.4) is 0 Å². The third-order valence-electron chi connectivity index (χ3n) is 16.9. The fourth-order valence-corrected chi connectivity index (χ4v) is 12.5. The molecule has 75 heavy (non-hydrogen) atoms. The highest BCUT2D eigenvalue weighted by atomic mass is 15.1. The van der Waals surface area contributed by atoms with Crippen molar-refractivity contribution in [2.24, 2.45) is 39.5 Å². The molecule has 0 spiro atoms. The van der Waals surface area contributed by atoms with Crippen LogP contribution in [0, 0.1) is 34.5 Å². The van der Waals surface area contributed by atoms with Crippen molar-refractivity contribution in [2.75, 3.05) is 0 Å². The van der Waals surface area contributed by atoms with Gasteiger partial charge in [0.1, 0.15) is 5.84 Å². The van der Waals surface area contributed by atoms with Crippen LogP contribution in [0.2, 0.25) is 0 Å². The molecule has 3 nitrogen and oxygen atoms in total. The van der Waals surface area contributed by atoms with Crippen LogP contribution in [0.25, 0.3) is 49.8 Å².